The number of nitriles is 1. The molecule has 0 fully saturated rings. The van der Waals surface area contributed by atoms with Crippen LogP contribution in [0.15, 0.2) is 42.7 Å². The molecule has 0 saturated carbocycles. The van der Waals surface area contributed by atoms with Gasteiger partial charge in [0.15, 0.2) is 0 Å². The van der Waals surface area contributed by atoms with Gasteiger partial charge in [-0.3, -0.25) is 9.78 Å². The number of carbonyl (C=O) groups is 1. The third-order valence-electron chi connectivity index (χ3n) is 2.47. The number of carbonyl (C=O) groups excluding carboxylic acids is 1. The van der Waals surface area contributed by atoms with Crippen molar-refractivity contribution >= 4 is 5.91 Å². The first kappa shape index (κ1) is 12.7. The number of nitrogens with one attached hydrogen (secondary N) is 1. The van der Waals surface area contributed by atoms with Crippen LogP contribution < -0.4 is 5.32 Å². The van der Waals surface area contributed by atoms with E-state index in [1.165, 1.54) is 30.6 Å². The lowest BCUT2D eigenvalue weighted by atomic mass is 10.2. The summed E-state index contributed by atoms with van der Waals surface area (Å²) in [6, 6.07) is 9.35. The summed E-state index contributed by atoms with van der Waals surface area (Å²) < 4.78 is 13.0. The fourth-order valence-electron chi connectivity index (χ4n) is 1.56. The number of pyridine rings is 1. The van der Waals surface area contributed by atoms with E-state index in [2.05, 4.69) is 10.3 Å². The van der Waals surface area contributed by atoms with E-state index in [0.29, 0.717) is 16.7 Å². The minimum atomic E-state index is -0.353. The second-order valence-corrected chi connectivity index (χ2v) is 3.89. The summed E-state index contributed by atoms with van der Waals surface area (Å²) in [5.41, 5.74) is 1.28. The van der Waals surface area contributed by atoms with E-state index >= 15 is 0 Å². The molecule has 0 atom stereocenters. The molecule has 0 aliphatic carbocycles. The fourth-order valence-corrected chi connectivity index (χ4v) is 1.56. The second-order valence-electron chi connectivity index (χ2n) is 3.89. The average molecular weight is 255 g/mol. The van der Waals surface area contributed by atoms with Gasteiger partial charge in [-0.05, 0) is 23.8 Å². The molecule has 1 aromatic heterocycles. The highest BCUT2D eigenvalue weighted by Crippen LogP contribution is 2.05. The van der Waals surface area contributed by atoms with Crippen LogP contribution in [0.2, 0.25) is 0 Å². The van der Waals surface area contributed by atoms with Crippen LogP contribution in [0.3, 0.4) is 0 Å². The Labute approximate surface area is 109 Å². The minimum Gasteiger partial charge on any atom is -0.348 e. The summed E-state index contributed by atoms with van der Waals surface area (Å²) >= 11 is 0. The van der Waals surface area contributed by atoms with Crippen molar-refractivity contribution in [1.82, 2.24) is 10.3 Å². The number of halogens is 1. The van der Waals surface area contributed by atoms with E-state index in [0.717, 1.165) is 0 Å². The van der Waals surface area contributed by atoms with E-state index in [1.54, 1.807) is 12.1 Å². The van der Waals surface area contributed by atoms with Crippen molar-refractivity contribution in [2.75, 3.05) is 0 Å². The van der Waals surface area contributed by atoms with Gasteiger partial charge in [0.1, 0.15) is 11.9 Å². The fraction of sp³-hybridized carbons (Fsp3) is 0.0714. The maximum atomic E-state index is 13.0. The Morgan fingerprint density at radius 2 is 2.21 bits per heavy atom. The molecule has 2 aromatic rings. The Kier molecular flexibility index (Phi) is 3.84. The van der Waals surface area contributed by atoms with Gasteiger partial charge >= 0.3 is 0 Å². The monoisotopic (exact) mass is 255 g/mol. The highest BCUT2D eigenvalue weighted by atomic mass is 19.1. The summed E-state index contributed by atoms with van der Waals surface area (Å²) in [6.45, 7) is 0.216. The van der Waals surface area contributed by atoms with E-state index in [1.807, 2.05) is 6.07 Å². The molecule has 0 unspecified atom stereocenters. The standard InChI is InChI=1S/C14H10FN3O/c15-13-3-1-2-10(5-13)8-18-14(19)12-4-11(6-16)7-17-9-12/h1-5,7,9H,8H2,(H,18,19). The Morgan fingerprint density at radius 1 is 1.37 bits per heavy atom. The molecule has 0 aliphatic heterocycles. The van der Waals surface area contributed by atoms with Crippen LogP contribution >= 0.6 is 0 Å². The number of aromatic nitrogens is 1. The maximum absolute atomic E-state index is 13.0. The first-order valence-electron chi connectivity index (χ1n) is 5.57. The normalized spacial score (nSPS) is 9.68. The lowest BCUT2D eigenvalue weighted by Crippen LogP contribution is -2.23. The predicted octanol–water partition coefficient (Wildman–Crippen LogP) is 2.02. The van der Waals surface area contributed by atoms with Gasteiger partial charge in [-0.1, -0.05) is 12.1 Å². The van der Waals surface area contributed by atoms with Crippen molar-refractivity contribution in [3.63, 3.8) is 0 Å². The molecule has 94 valence electrons. The van der Waals surface area contributed by atoms with Crippen molar-refractivity contribution in [3.8, 4) is 6.07 Å². The molecule has 0 saturated heterocycles. The van der Waals surface area contributed by atoms with Gasteiger partial charge in [0.05, 0.1) is 11.1 Å². The van der Waals surface area contributed by atoms with Crippen LogP contribution in [0.25, 0.3) is 0 Å². The van der Waals surface area contributed by atoms with Crippen LogP contribution in [-0.4, -0.2) is 10.9 Å². The maximum Gasteiger partial charge on any atom is 0.253 e. The number of hydrogen-bond acceptors (Lipinski definition) is 3. The van der Waals surface area contributed by atoms with Crippen LogP contribution in [0.5, 0.6) is 0 Å². The summed E-state index contributed by atoms with van der Waals surface area (Å²) in [4.78, 5) is 15.6. The molecule has 1 N–H and O–H groups in total. The topological polar surface area (TPSA) is 65.8 Å². The van der Waals surface area contributed by atoms with Crippen LogP contribution in [0.4, 0.5) is 4.39 Å². The number of amides is 1. The first-order valence-corrected chi connectivity index (χ1v) is 5.57. The molecule has 5 heteroatoms. The minimum absolute atomic E-state index is 0.216. The van der Waals surface area contributed by atoms with E-state index in [4.69, 9.17) is 5.26 Å². The summed E-state index contributed by atoms with van der Waals surface area (Å²) in [5.74, 6) is -0.700. The molecule has 0 spiro atoms. The van der Waals surface area contributed by atoms with Gasteiger partial charge in [-0.25, -0.2) is 4.39 Å². The van der Waals surface area contributed by atoms with Crippen LogP contribution in [0.1, 0.15) is 21.5 Å². The van der Waals surface area contributed by atoms with Gasteiger partial charge < -0.3 is 5.32 Å². The lowest BCUT2D eigenvalue weighted by molar-refractivity contribution is 0.0950. The van der Waals surface area contributed by atoms with Crippen molar-refractivity contribution < 1.29 is 9.18 Å². The Bertz CT molecular complexity index is 649. The van der Waals surface area contributed by atoms with Crippen LogP contribution in [0, 0.1) is 17.1 Å². The number of hydrogen-bond donors (Lipinski definition) is 1. The molecular formula is C14H10FN3O. The molecular weight excluding hydrogens is 245 g/mol. The van der Waals surface area contributed by atoms with E-state index in [9.17, 15) is 9.18 Å². The highest BCUT2D eigenvalue weighted by molar-refractivity contribution is 5.94. The third-order valence-corrected chi connectivity index (χ3v) is 2.47. The Balaban J connectivity index is 2.03. The molecule has 0 bridgehead atoms. The van der Waals surface area contributed by atoms with Crippen LogP contribution in [-0.2, 0) is 6.54 Å². The summed E-state index contributed by atoms with van der Waals surface area (Å²) in [7, 11) is 0. The third kappa shape index (κ3) is 3.36. The van der Waals surface area contributed by atoms with E-state index < -0.39 is 0 Å². The molecule has 1 heterocycles. The van der Waals surface area contributed by atoms with Crippen molar-refractivity contribution in [1.29, 1.82) is 5.26 Å². The smallest absolute Gasteiger partial charge is 0.253 e. The second kappa shape index (κ2) is 5.74. The highest BCUT2D eigenvalue weighted by Gasteiger charge is 2.06. The van der Waals surface area contributed by atoms with Gasteiger partial charge in [0.25, 0.3) is 5.91 Å². The van der Waals surface area contributed by atoms with Gasteiger partial charge in [-0.15, -0.1) is 0 Å². The largest absolute Gasteiger partial charge is 0.348 e. The Morgan fingerprint density at radius 3 is 2.95 bits per heavy atom. The van der Waals surface area contributed by atoms with Gasteiger partial charge in [-0.2, -0.15) is 5.26 Å². The quantitative estimate of drug-likeness (QED) is 0.912. The average Bonchev–Trinajstić information content (AvgIpc) is 2.45. The van der Waals surface area contributed by atoms with Gasteiger partial charge in [0, 0.05) is 18.9 Å². The number of rotatable bonds is 3. The zero-order chi connectivity index (χ0) is 13.7. The van der Waals surface area contributed by atoms with E-state index in [-0.39, 0.29) is 18.3 Å². The lowest BCUT2D eigenvalue weighted by Gasteiger charge is -2.05. The zero-order valence-electron chi connectivity index (χ0n) is 9.93. The molecule has 2 rings (SSSR count). The zero-order valence-corrected chi connectivity index (χ0v) is 9.93. The molecule has 4 nitrogen and oxygen atoms in total. The van der Waals surface area contributed by atoms with Gasteiger partial charge in [0.2, 0.25) is 0 Å². The Hall–Kier alpha value is -2.74. The molecule has 19 heavy (non-hydrogen) atoms. The van der Waals surface area contributed by atoms with Crippen molar-refractivity contribution in [2.24, 2.45) is 0 Å². The molecule has 1 amide bonds. The molecule has 1 aromatic carbocycles. The number of nitrogens with zero attached hydrogens (tertiary/aromatic N) is 2. The molecule has 0 radical (unpaired) electrons. The molecule has 0 aliphatic rings. The van der Waals surface area contributed by atoms with Crippen molar-refractivity contribution in [2.45, 2.75) is 6.54 Å². The first-order chi connectivity index (χ1) is 9.19. The summed E-state index contributed by atoms with van der Waals surface area (Å²) in [6.07, 6.45) is 2.76. The predicted molar refractivity (Wildman–Crippen MR) is 66.5 cm³/mol. The number of benzene rings is 1. The SMILES string of the molecule is N#Cc1cncc(C(=O)NCc2cccc(F)c2)c1. The summed E-state index contributed by atoms with van der Waals surface area (Å²) in [5, 5.41) is 11.4. The van der Waals surface area contributed by atoms with Crippen molar-refractivity contribution in [3.05, 3.63) is 65.2 Å².